The lowest BCUT2D eigenvalue weighted by Gasteiger charge is -2.04. The van der Waals surface area contributed by atoms with Crippen LogP contribution in [-0.4, -0.2) is 22.2 Å². The van der Waals surface area contributed by atoms with Crippen LogP contribution in [-0.2, 0) is 4.79 Å². The lowest BCUT2D eigenvalue weighted by Crippen LogP contribution is -2.22. The third-order valence-electron chi connectivity index (χ3n) is 3.82. The van der Waals surface area contributed by atoms with Crippen molar-refractivity contribution in [3.8, 4) is 0 Å². The van der Waals surface area contributed by atoms with Gasteiger partial charge in [0.25, 0.3) is 5.91 Å². The van der Waals surface area contributed by atoms with Gasteiger partial charge in [0.2, 0.25) is 0 Å². The number of hydrogen-bond acceptors (Lipinski definition) is 5. The minimum Gasteiger partial charge on any atom is -0.450 e. The molecule has 6 heteroatoms. The minimum absolute atomic E-state index is 0.0883. The third-order valence-corrected chi connectivity index (χ3v) is 6.30. The van der Waals surface area contributed by atoms with Gasteiger partial charge in [-0.25, -0.2) is 0 Å². The van der Waals surface area contributed by atoms with E-state index in [4.69, 9.17) is 16.6 Å². The minimum atomic E-state index is -0.0883. The molecule has 1 aromatic heterocycles. The molecule has 1 fully saturated rings. The zero-order valence-electron chi connectivity index (χ0n) is 13.3. The third kappa shape index (κ3) is 3.25. The van der Waals surface area contributed by atoms with E-state index in [2.05, 4.69) is 24.3 Å². The van der Waals surface area contributed by atoms with Crippen molar-refractivity contribution >= 4 is 62.8 Å². The molecule has 1 amide bonds. The Balaban J connectivity index is 1.60. The molecular formula is C19H13NO2S3. The van der Waals surface area contributed by atoms with Crippen LogP contribution in [0.4, 0.5) is 0 Å². The van der Waals surface area contributed by atoms with E-state index < -0.39 is 0 Å². The Bertz CT molecular complexity index is 1020. The Hall–Kier alpha value is -2.02. The van der Waals surface area contributed by atoms with E-state index in [1.165, 1.54) is 27.4 Å². The van der Waals surface area contributed by atoms with Gasteiger partial charge in [0.15, 0.2) is 5.09 Å². The van der Waals surface area contributed by atoms with Crippen LogP contribution in [0.2, 0.25) is 0 Å². The summed E-state index contributed by atoms with van der Waals surface area (Å²) in [5.74, 6) is 0.561. The molecule has 0 saturated carbocycles. The summed E-state index contributed by atoms with van der Waals surface area (Å²) in [4.78, 5) is 15.3. The highest BCUT2D eigenvalue weighted by molar-refractivity contribution is 8.26. The van der Waals surface area contributed by atoms with E-state index in [1.54, 1.807) is 24.9 Å². The number of thioether (sulfide) groups is 1. The molecule has 2 heterocycles. The fraction of sp³-hybridized carbons (Fsp3) is 0.0526. The maximum Gasteiger partial charge on any atom is 0.266 e. The van der Waals surface area contributed by atoms with Gasteiger partial charge in [-0.15, -0.1) is 0 Å². The average Bonchev–Trinajstić information content (AvgIpc) is 3.16. The summed E-state index contributed by atoms with van der Waals surface area (Å²) in [6.45, 7) is 0. The van der Waals surface area contributed by atoms with Gasteiger partial charge >= 0.3 is 0 Å². The van der Waals surface area contributed by atoms with Gasteiger partial charge in [0.1, 0.15) is 10.1 Å². The molecule has 0 atom stereocenters. The van der Waals surface area contributed by atoms with Gasteiger partial charge < -0.3 is 4.42 Å². The van der Waals surface area contributed by atoms with Crippen molar-refractivity contribution in [2.75, 3.05) is 7.05 Å². The van der Waals surface area contributed by atoms with Crippen molar-refractivity contribution in [1.82, 2.24) is 4.90 Å². The van der Waals surface area contributed by atoms with Gasteiger partial charge in [0, 0.05) is 18.0 Å². The number of carbonyl (C=O) groups is 1. The first-order valence-corrected chi connectivity index (χ1v) is 9.63. The molecule has 25 heavy (non-hydrogen) atoms. The molecule has 0 spiro atoms. The summed E-state index contributed by atoms with van der Waals surface area (Å²) in [5.41, 5.74) is 0. The van der Waals surface area contributed by atoms with Crippen molar-refractivity contribution in [3.05, 3.63) is 65.3 Å². The quantitative estimate of drug-likeness (QED) is 0.446. The van der Waals surface area contributed by atoms with Gasteiger partial charge in [-0.3, -0.25) is 9.69 Å². The normalized spacial score (nSPS) is 16.4. The zero-order valence-corrected chi connectivity index (χ0v) is 15.7. The molecule has 3 nitrogen and oxygen atoms in total. The highest BCUT2D eigenvalue weighted by atomic mass is 32.2. The standard InChI is InChI=1S/C19H13NO2S3/c1-20-18(21)16(25-19(20)23)11-13-9-10-17(22-13)24-15-8-4-6-12-5-2-3-7-14(12)15/h2-11H,1H3. The number of furan rings is 1. The predicted molar refractivity (Wildman–Crippen MR) is 108 cm³/mol. The molecule has 0 radical (unpaired) electrons. The molecule has 0 N–H and O–H groups in total. The van der Waals surface area contributed by atoms with Crippen molar-refractivity contribution in [1.29, 1.82) is 0 Å². The highest BCUT2D eigenvalue weighted by Crippen LogP contribution is 2.36. The number of carbonyl (C=O) groups excluding carboxylic acids is 1. The first-order valence-electron chi connectivity index (χ1n) is 7.59. The Morgan fingerprint density at radius 1 is 1.12 bits per heavy atom. The van der Waals surface area contributed by atoms with Crippen LogP contribution in [0, 0.1) is 0 Å². The number of hydrogen-bond donors (Lipinski definition) is 0. The van der Waals surface area contributed by atoms with Gasteiger partial charge in [-0.1, -0.05) is 72.1 Å². The molecule has 1 saturated heterocycles. The lowest BCUT2D eigenvalue weighted by atomic mass is 10.1. The molecule has 0 aliphatic carbocycles. The molecule has 4 rings (SSSR count). The first kappa shape index (κ1) is 16.4. The summed E-state index contributed by atoms with van der Waals surface area (Å²) in [7, 11) is 1.68. The van der Waals surface area contributed by atoms with Crippen molar-refractivity contribution in [2.24, 2.45) is 0 Å². The summed E-state index contributed by atoms with van der Waals surface area (Å²) < 4.78 is 6.44. The van der Waals surface area contributed by atoms with E-state index in [0.29, 0.717) is 15.0 Å². The number of nitrogens with zero attached hydrogens (tertiary/aromatic N) is 1. The summed E-state index contributed by atoms with van der Waals surface area (Å²) in [6, 6.07) is 18.3. The van der Waals surface area contributed by atoms with E-state index in [9.17, 15) is 4.79 Å². The van der Waals surface area contributed by atoms with E-state index in [0.717, 1.165) is 9.99 Å². The highest BCUT2D eigenvalue weighted by Gasteiger charge is 2.29. The summed E-state index contributed by atoms with van der Waals surface area (Å²) in [5, 5.41) is 3.18. The van der Waals surface area contributed by atoms with E-state index in [-0.39, 0.29) is 5.91 Å². The monoisotopic (exact) mass is 383 g/mol. The van der Waals surface area contributed by atoms with E-state index >= 15 is 0 Å². The fourth-order valence-electron chi connectivity index (χ4n) is 2.53. The topological polar surface area (TPSA) is 33.5 Å². The number of likely N-dealkylation sites (N-methyl/N-ethyl adjacent to an activating group) is 1. The van der Waals surface area contributed by atoms with Crippen LogP contribution in [0.15, 0.2) is 73.9 Å². The number of fused-ring (bicyclic) bond motifs is 1. The summed E-state index contributed by atoms with van der Waals surface area (Å²) in [6.07, 6.45) is 1.75. The van der Waals surface area contributed by atoms with Crippen LogP contribution in [0.3, 0.4) is 0 Å². The predicted octanol–water partition coefficient (Wildman–Crippen LogP) is 5.42. The van der Waals surface area contributed by atoms with Crippen LogP contribution in [0.1, 0.15) is 5.76 Å². The average molecular weight is 384 g/mol. The Morgan fingerprint density at radius 2 is 1.92 bits per heavy atom. The van der Waals surface area contributed by atoms with Crippen LogP contribution >= 0.6 is 35.7 Å². The number of amides is 1. The van der Waals surface area contributed by atoms with Crippen molar-refractivity contribution < 1.29 is 9.21 Å². The SMILES string of the molecule is CN1C(=O)C(=Cc2ccc(Sc3cccc4ccccc34)o2)SC1=S. The van der Waals surface area contributed by atoms with E-state index in [1.807, 2.05) is 30.3 Å². The lowest BCUT2D eigenvalue weighted by molar-refractivity contribution is -0.121. The van der Waals surface area contributed by atoms with Gasteiger partial charge in [-0.2, -0.15) is 0 Å². The Morgan fingerprint density at radius 3 is 2.72 bits per heavy atom. The second kappa shape index (κ2) is 6.71. The molecule has 124 valence electrons. The van der Waals surface area contributed by atoms with Crippen molar-refractivity contribution in [3.63, 3.8) is 0 Å². The maximum atomic E-state index is 12.1. The molecule has 2 aromatic carbocycles. The molecule has 1 aliphatic rings. The molecule has 0 unspecified atom stereocenters. The smallest absolute Gasteiger partial charge is 0.266 e. The second-order valence-electron chi connectivity index (χ2n) is 5.48. The second-order valence-corrected chi connectivity index (χ2v) is 8.20. The van der Waals surface area contributed by atoms with Crippen LogP contribution < -0.4 is 0 Å². The zero-order chi connectivity index (χ0) is 17.4. The fourth-order valence-corrected chi connectivity index (χ4v) is 4.63. The maximum absolute atomic E-state index is 12.1. The largest absolute Gasteiger partial charge is 0.450 e. The first-order chi connectivity index (χ1) is 12.1. The molecule has 1 aliphatic heterocycles. The number of benzene rings is 2. The summed E-state index contributed by atoms with van der Waals surface area (Å²) >= 11 is 8.01. The molecule has 0 bridgehead atoms. The Kier molecular flexibility index (Phi) is 4.41. The van der Waals surface area contributed by atoms with Gasteiger partial charge in [-0.05, 0) is 29.0 Å². The van der Waals surface area contributed by atoms with Crippen molar-refractivity contribution in [2.45, 2.75) is 9.99 Å². The Labute approximate surface area is 159 Å². The van der Waals surface area contributed by atoms with Gasteiger partial charge in [0.05, 0.1) is 4.91 Å². The van der Waals surface area contributed by atoms with Crippen LogP contribution in [0.25, 0.3) is 16.8 Å². The molecule has 3 aromatic rings. The van der Waals surface area contributed by atoms with Crippen LogP contribution in [0.5, 0.6) is 0 Å². The molecular weight excluding hydrogens is 370 g/mol. The number of thiocarbonyl (C=S) groups is 1. The number of rotatable bonds is 3.